The van der Waals surface area contributed by atoms with Gasteiger partial charge in [-0.15, -0.1) is 24.5 Å². The average Bonchev–Trinajstić information content (AvgIpc) is 3.02. The normalized spacial score (nSPS) is 16.6. The molecule has 34 heavy (non-hydrogen) atoms. The van der Waals surface area contributed by atoms with E-state index in [1.807, 2.05) is 12.3 Å². The Morgan fingerprint density at radius 3 is 2.53 bits per heavy atom. The monoisotopic (exact) mass is 508 g/mol. The number of aliphatic imine (C=N–C) groups is 2. The van der Waals surface area contributed by atoms with Crippen molar-refractivity contribution in [1.29, 1.82) is 0 Å². The van der Waals surface area contributed by atoms with Gasteiger partial charge in [0.25, 0.3) is 0 Å². The summed E-state index contributed by atoms with van der Waals surface area (Å²) in [5, 5.41) is 2.21. The van der Waals surface area contributed by atoms with Gasteiger partial charge in [0.15, 0.2) is 5.84 Å². The number of thiophene rings is 1. The summed E-state index contributed by atoms with van der Waals surface area (Å²) in [5.74, 6) is -0.350. The van der Waals surface area contributed by atoms with Gasteiger partial charge in [-0.05, 0) is 66.1 Å². The van der Waals surface area contributed by atoms with Gasteiger partial charge in [-0.2, -0.15) is 0 Å². The Morgan fingerprint density at radius 1 is 1.15 bits per heavy atom. The van der Waals surface area contributed by atoms with Crippen LogP contribution in [0, 0.1) is 18.7 Å². The fraction of sp³-hybridized carbons (Fsp3) is 0.280. The van der Waals surface area contributed by atoms with Crippen LogP contribution in [-0.2, 0) is 0 Å². The van der Waals surface area contributed by atoms with Crippen molar-refractivity contribution in [3.05, 3.63) is 74.7 Å². The number of rotatable bonds is 5. The third kappa shape index (κ3) is 5.18. The van der Waals surface area contributed by atoms with Crippen LogP contribution in [0.1, 0.15) is 35.8 Å². The van der Waals surface area contributed by atoms with E-state index < -0.39 is 12.2 Å². The molecule has 3 nitrogen and oxygen atoms in total. The van der Waals surface area contributed by atoms with Crippen LogP contribution >= 0.6 is 22.9 Å². The fourth-order valence-corrected chi connectivity index (χ4v) is 5.39. The number of halogens is 5. The van der Waals surface area contributed by atoms with Gasteiger partial charge in [-0.25, -0.2) is 9.38 Å². The molecule has 0 aliphatic carbocycles. The number of hydrogen-bond donors (Lipinski definition) is 0. The van der Waals surface area contributed by atoms with E-state index in [0.717, 1.165) is 40.1 Å². The van der Waals surface area contributed by atoms with Crippen LogP contribution in [0.25, 0.3) is 11.1 Å². The Morgan fingerprint density at radius 2 is 1.88 bits per heavy atom. The molecule has 0 spiro atoms. The lowest BCUT2D eigenvalue weighted by Gasteiger charge is -2.15. The summed E-state index contributed by atoms with van der Waals surface area (Å²) in [7, 11) is 0. The topological polar surface area (TPSA) is 34.0 Å². The van der Waals surface area contributed by atoms with E-state index in [2.05, 4.69) is 16.7 Å². The molecule has 178 valence electrons. The molecule has 0 amide bonds. The van der Waals surface area contributed by atoms with Gasteiger partial charge >= 0.3 is 6.36 Å². The summed E-state index contributed by atoms with van der Waals surface area (Å²) in [6, 6.07) is 10.3. The minimum Gasteiger partial charge on any atom is -0.406 e. The molecular weight excluding hydrogens is 488 g/mol. The summed E-state index contributed by atoms with van der Waals surface area (Å²) >= 11 is 7.78. The van der Waals surface area contributed by atoms with Gasteiger partial charge in [-0.3, -0.25) is 4.99 Å². The van der Waals surface area contributed by atoms with Crippen LogP contribution in [0.15, 0.2) is 57.8 Å². The van der Waals surface area contributed by atoms with E-state index >= 15 is 0 Å². The number of benzene rings is 2. The zero-order valence-electron chi connectivity index (χ0n) is 18.4. The molecule has 1 aromatic heterocycles. The molecule has 9 heteroatoms. The Balaban J connectivity index is 1.73. The standard InChI is InChI=1S/C25H21ClF4N2OS/c1-3-15-11-12-31-24(21-19(26)5-4-6-20(21)27)32-22(15)23-14(2)18(13-34-23)16-7-9-17(10-8-16)33-25(28,29)30/h4-10,13,15H,3,11-12H2,1-2H3. The molecule has 0 bridgehead atoms. The van der Waals surface area contributed by atoms with E-state index in [0.29, 0.717) is 6.54 Å². The highest BCUT2D eigenvalue weighted by Gasteiger charge is 2.31. The predicted molar refractivity (Wildman–Crippen MR) is 129 cm³/mol. The first-order valence-electron chi connectivity index (χ1n) is 10.7. The number of nitrogens with zero attached hydrogens (tertiary/aromatic N) is 2. The van der Waals surface area contributed by atoms with Crippen molar-refractivity contribution in [2.24, 2.45) is 15.9 Å². The van der Waals surface area contributed by atoms with Crippen molar-refractivity contribution in [2.45, 2.75) is 33.1 Å². The van der Waals surface area contributed by atoms with Crippen LogP contribution in [0.3, 0.4) is 0 Å². The zero-order chi connectivity index (χ0) is 24.5. The van der Waals surface area contributed by atoms with Crippen molar-refractivity contribution >= 4 is 34.5 Å². The van der Waals surface area contributed by atoms with Gasteiger partial charge in [0.1, 0.15) is 11.6 Å². The van der Waals surface area contributed by atoms with E-state index in [9.17, 15) is 17.6 Å². The number of amidine groups is 1. The highest BCUT2D eigenvalue weighted by Crippen LogP contribution is 2.36. The molecule has 0 saturated heterocycles. The summed E-state index contributed by atoms with van der Waals surface area (Å²) in [6.07, 6.45) is -3.13. The molecule has 1 unspecified atom stereocenters. The van der Waals surface area contributed by atoms with Gasteiger partial charge < -0.3 is 4.74 Å². The molecule has 0 N–H and O–H groups in total. The van der Waals surface area contributed by atoms with Crippen molar-refractivity contribution < 1.29 is 22.3 Å². The molecule has 2 aromatic carbocycles. The van der Waals surface area contributed by atoms with E-state index in [4.69, 9.17) is 16.6 Å². The maximum Gasteiger partial charge on any atom is 0.573 e. The summed E-state index contributed by atoms with van der Waals surface area (Å²) in [5.41, 5.74) is 3.62. The minimum absolute atomic E-state index is 0.125. The summed E-state index contributed by atoms with van der Waals surface area (Å²) < 4.78 is 56.0. The Hall–Kier alpha value is -2.71. The minimum atomic E-state index is -4.74. The number of ether oxygens (including phenoxy) is 1. The fourth-order valence-electron chi connectivity index (χ4n) is 3.97. The summed E-state index contributed by atoms with van der Waals surface area (Å²) in [4.78, 5) is 10.3. The SMILES string of the molecule is CCC1CCN=C(c2c(F)cccc2Cl)N=C1c1scc(-c2ccc(OC(F)(F)F)cc2)c1C. The average molecular weight is 509 g/mol. The van der Waals surface area contributed by atoms with Gasteiger partial charge in [0, 0.05) is 12.5 Å². The Labute approximate surface area is 203 Å². The summed E-state index contributed by atoms with van der Waals surface area (Å²) in [6.45, 7) is 4.53. The second kappa shape index (κ2) is 9.88. The Bertz CT molecular complexity index is 1230. The second-order valence-electron chi connectivity index (χ2n) is 7.87. The van der Waals surface area contributed by atoms with Gasteiger partial charge in [0.05, 0.1) is 21.2 Å². The van der Waals surface area contributed by atoms with Crippen LogP contribution < -0.4 is 4.74 Å². The molecule has 3 aromatic rings. The van der Waals surface area contributed by atoms with Crippen LogP contribution in [0.4, 0.5) is 17.6 Å². The molecule has 0 fully saturated rings. The molecular formula is C25H21ClF4N2OS. The largest absolute Gasteiger partial charge is 0.573 e. The van der Waals surface area contributed by atoms with Crippen LogP contribution in [0.2, 0.25) is 5.02 Å². The number of alkyl halides is 3. The molecule has 1 aliphatic heterocycles. The third-order valence-electron chi connectivity index (χ3n) is 5.70. The maximum atomic E-state index is 14.6. The van der Waals surface area contributed by atoms with E-state index in [1.54, 1.807) is 24.3 Å². The molecule has 4 rings (SSSR count). The zero-order valence-corrected chi connectivity index (χ0v) is 20.0. The first-order valence-corrected chi connectivity index (χ1v) is 12.0. The molecule has 0 saturated carbocycles. The van der Waals surface area contributed by atoms with Crippen molar-refractivity contribution in [2.75, 3.05) is 6.54 Å². The molecule has 0 radical (unpaired) electrons. The van der Waals surface area contributed by atoms with Crippen molar-refractivity contribution in [1.82, 2.24) is 0 Å². The maximum absolute atomic E-state index is 14.6. The van der Waals surface area contributed by atoms with E-state index in [1.165, 1.54) is 29.5 Å². The molecule has 2 heterocycles. The highest BCUT2D eigenvalue weighted by atomic mass is 35.5. The lowest BCUT2D eigenvalue weighted by Crippen LogP contribution is -2.17. The molecule has 1 aliphatic rings. The molecule has 1 atom stereocenters. The van der Waals surface area contributed by atoms with Crippen LogP contribution in [0.5, 0.6) is 5.75 Å². The highest BCUT2D eigenvalue weighted by molar-refractivity contribution is 7.13. The van der Waals surface area contributed by atoms with Gasteiger partial charge in [-0.1, -0.05) is 36.7 Å². The lowest BCUT2D eigenvalue weighted by atomic mass is 9.92. The second-order valence-corrected chi connectivity index (χ2v) is 9.16. The third-order valence-corrected chi connectivity index (χ3v) is 7.12. The van der Waals surface area contributed by atoms with Crippen molar-refractivity contribution in [3.63, 3.8) is 0 Å². The lowest BCUT2D eigenvalue weighted by molar-refractivity contribution is -0.274. The number of hydrogen-bond acceptors (Lipinski definition) is 4. The van der Waals surface area contributed by atoms with Crippen molar-refractivity contribution in [3.8, 4) is 16.9 Å². The Kier molecular flexibility index (Phi) is 7.09. The van der Waals surface area contributed by atoms with Crippen LogP contribution in [-0.4, -0.2) is 24.5 Å². The predicted octanol–water partition coefficient (Wildman–Crippen LogP) is 8.08. The quantitative estimate of drug-likeness (QED) is 0.321. The van der Waals surface area contributed by atoms with E-state index in [-0.39, 0.29) is 28.1 Å². The first kappa shape index (κ1) is 24.4. The van der Waals surface area contributed by atoms with Gasteiger partial charge in [0.2, 0.25) is 0 Å². The first-order chi connectivity index (χ1) is 16.2. The smallest absolute Gasteiger partial charge is 0.406 e.